The van der Waals surface area contributed by atoms with Crippen LogP contribution in [0.2, 0.25) is 0 Å². The fourth-order valence-electron chi connectivity index (χ4n) is 1.39. The number of aromatic nitrogens is 3. The molecule has 0 fully saturated rings. The fraction of sp³-hybridized carbons (Fsp3) is 0.0909. The van der Waals surface area contributed by atoms with Crippen molar-refractivity contribution in [2.45, 2.75) is 6.92 Å². The third kappa shape index (κ3) is 2.05. The van der Waals surface area contributed by atoms with Crippen LogP contribution in [0, 0.1) is 6.92 Å². The number of nitrogens with zero attached hydrogens (tertiary/aromatic N) is 3. The van der Waals surface area contributed by atoms with E-state index < -0.39 is 5.97 Å². The van der Waals surface area contributed by atoms with Gasteiger partial charge in [0.2, 0.25) is 0 Å². The van der Waals surface area contributed by atoms with Gasteiger partial charge in [0.05, 0.1) is 0 Å². The summed E-state index contributed by atoms with van der Waals surface area (Å²) in [6, 6.07) is 3.67. The lowest BCUT2D eigenvalue weighted by molar-refractivity contribution is 0.0697. The van der Waals surface area contributed by atoms with E-state index >= 15 is 0 Å². The first kappa shape index (κ1) is 11.0. The zero-order valence-electron chi connectivity index (χ0n) is 9.08. The Morgan fingerprint density at radius 1 is 1.41 bits per heavy atom. The standard InChI is InChI=1S/C11H10N4O2/c1-6-3-2-4-13-8(6)10-14-5-7(11(16)17)9(12)15-10/h2-5H,1H3,(H,16,17)(H2,12,14,15). The first-order valence-corrected chi connectivity index (χ1v) is 4.87. The van der Waals surface area contributed by atoms with Crippen LogP contribution in [-0.2, 0) is 0 Å². The molecule has 0 spiro atoms. The molecule has 2 heterocycles. The summed E-state index contributed by atoms with van der Waals surface area (Å²) >= 11 is 0. The van der Waals surface area contributed by atoms with Crippen molar-refractivity contribution in [2.24, 2.45) is 0 Å². The summed E-state index contributed by atoms with van der Waals surface area (Å²) in [5, 5.41) is 8.81. The van der Waals surface area contributed by atoms with Gasteiger partial charge in [-0.1, -0.05) is 6.07 Å². The lowest BCUT2D eigenvalue weighted by atomic mass is 10.2. The van der Waals surface area contributed by atoms with Crippen molar-refractivity contribution < 1.29 is 9.90 Å². The van der Waals surface area contributed by atoms with Crippen molar-refractivity contribution in [3.05, 3.63) is 35.7 Å². The van der Waals surface area contributed by atoms with E-state index in [1.54, 1.807) is 12.3 Å². The van der Waals surface area contributed by atoms with Gasteiger partial charge in [-0.2, -0.15) is 0 Å². The number of carboxylic acids is 1. The van der Waals surface area contributed by atoms with Crippen molar-refractivity contribution in [1.82, 2.24) is 15.0 Å². The second kappa shape index (κ2) is 4.17. The lowest BCUT2D eigenvalue weighted by Crippen LogP contribution is -2.07. The quantitative estimate of drug-likeness (QED) is 0.801. The van der Waals surface area contributed by atoms with E-state index in [1.165, 1.54) is 6.20 Å². The van der Waals surface area contributed by atoms with Crippen LogP contribution in [0.1, 0.15) is 15.9 Å². The summed E-state index contributed by atoms with van der Waals surface area (Å²) in [5.74, 6) is -0.884. The number of anilines is 1. The lowest BCUT2D eigenvalue weighted by Gasteiger charge is -2.04. The van der Waals surface area contributed by atoms with Crippen LogP contribution in [0.25, 0.3) is 11.5 Å². The number of aromatic carboxylic acids is 1. The zero-order chi connectivity index (χ0) is 12.4. The highest BCUT2D eigenvalue weighted by atomic mass is 16.4. The number of hydrogen-bond acceptors (Lipinski definition) is 5. The molecule has 2 aromatic rings. The van der Waals surface area contributed by atoms with Gasteiger partial charge in [0, 0.05) is 12.4 Å². The van der Waals surface area contributed by atoms with Crippen LogP contribution in [-0.4, -0.2) is 26.0 Å². The molecule has 2 aromatic heterocycles. The smallest absolute Gasteiger partial charge is 0.341 e. The molecule has 0 saturated heterocycles. The van der Waals surface area contributed by atoms with Gasteiger partial charge in [-0.3, -0.25) is 4.98 Å². The maximum Gasteiger partial charge on any atom is 0.341 e. The van der Waals surface area contributed by atoms with Crippen LogP contribution in [0.5, 0.6) is 0 Å². The van der Waals surface area contributed by atoms with Gasteiger partial charge in [0.1, 0.15) is 17.1 Å². The van der Waals surface area contributed by atoms with Crippen LogP contribution >= 0.6 is 0 Å². The number of nitrogens with two attached hydrogens (primary N) is 1. The molecule has 86 valence electrons. The largest absolute Gasteiger partial charge is 0.477 e. The van der Waals surface area contributed by atoms with Gasteiger partial charge >= 0.3 is 5.97 Å². The van der Waals surface area contributed by atoms with E-state index in [1.807, 2.05) is 13.0 Å². The molecular formula is C11H10N4O2. The monoisotopic (exact) mass is 230 g/mol. The van der Waals surface area contributed by atoms with Crippen LogP contribution in [0.15, 0.2) is 24.5 Å². The Kier molecular flexibility index (Phi) is 2.70. The molecule has 3 N–H and O–H groups in total. The number of aryl methyl sites for hydroxylation is 1. The number of carbonyl (C=O) groups is 1. The predicted octanol–water partition coefficient (Wildman–Crippen LogP) is 1.13. The Bertz CT molecular complexity index is 583. The van der Waals surface area contributed by atoms with Crippen LogP contribution in [0.3, 0.4) is 0 Å². The third-order valence-electron chi connectivity index (χ3n) is 2.27. The molecule has 0 saturated carbocycles. The summed E-state index contributed by atoms with van der Waals surface area (Å²) in [7, 11) is 0. The second-order valence-electron chi connectivity index (χ2n) is 3.47. The number of pyridine rings is 1. The molecular weight excluding hydrogens is 220 g/mol. The summed E-state index contributed by atoms with van der Waals surface area (Å²) in [6.45, 7) is 1.87. The molecule has 0 radical (unpaired) electrons. The first-order chi connectivity index (χ1) is 8.09. The molecule has 6 heteroatoms. The minimum Gasteiger partial charge on any atom is -0.477 e. The highest BCUT2D eigenvalue weighted by Crippen LogP contribution is 2.18. The predicted molar refractivity (Wildman–Crippen MR) is 61.4 cm³/mol. The van der Waals surface area contributed by atoms with Gasteiger partial charge in [-0.15, -0.1) is 0 Å². The molecule has 2 rings (SSSR count). The van der Waals surface area contributed by atoms with Crippen LogP contribution < -0.4 is 5.73 Å². The molecule has 0 atom stereocenters. The van der Waals surface area contributed by atoms with Crippen molar-refractivity contribution in [3.63, 3.8) is 0 Å². The average Bonchev–Trinajstić information content (AvgIpc) is 2.29. The Labute approximate surface area is 97.2 Å². The maximum absolute atomic E-state index is 10.8. The molecule has 17 heavy (non-hydrogen) atoms. The maximum atomic E-state index is 10.8. The number of rotatable bonds is 2. The van der Waals surface area contributed by atoms with Gasteiger partial charge in [-0.05, 0) is 18.6 Å². The van der Waals surface area contributed by atoms with Crippen molar-refractivity contribution in [2.75, 3.05) is 5.73 Å². The summed E-state index contributed by atoms with van der Waals surface area (Å²) in [6.07, 6.45) is 2.81. The van der Waals surface area contributed by atoms with E-state index in [-0.39, 0.29) is 11.4 Å². The minimum absolute atomic E-state index is 0.0625. The van der Waals surface area contributed by atoms with Crippen molar-refractivity contribution in [1.29, 1.82) is 0 Å². The minimum atomic E-state index is -1.15. The van der Waals surface area contributed by atoms with Gasteiger partial charge in [0.15, 0.2) is 5.82 Å². The highest BCUT2D eigenvalue weighted by Gasteiger charge is 2.13. The molecule has 0 bridgehead atoms. The van der Waals surface area contributed by atoms with Gasteiger partial charge < -0.3 is 10.8 Å². The highest BCUT2D eigenvalue weighted by molar-refractivity contribution is 5.92. The first-order valence-electron chi connectivity index (χ1n) is 4.87. The molecule has 6 nitrogen and oxygen atoms in total. The number of hydrogen-bond donors (Lipinski definition) is 2. The van der Waals surface area contributed by atoms with Gasteiger partial charge in [0.25, 0.3) is 0 Å². The number of nitrogen functional groups attached to an aromatic ring is 1. The molecule has 0 aromatic carbocycles. The Balaban J connectivity index is 2.52. The Morgan fingerprint density at radius 3 is 2.76 bits per heavy atom. The van der Waals surface area contributed by atoms with E-state index in [2.05, 4.69) is 15.0 Å². The molecule has 0 unspecified atom stereocenters. The van der Waals surface area contributed by atoms with Gasteiger partial charge in [-0.25, -0.2) is 14.8 Å². The molecule has 0 aliphatic heterocycles. The normalized spacial score (nSPS) is 10.2. The molecule has 0 aliphatic rings. The SMILES string of the molecule is Cc1cccnc1-c1ncc(C(=O)O)c(N)n1. The topological polar surface area (TPSA) is 102 Å². The van der Waals surface area contributed by atoms with E-state index in [0.717, 1.165) is 5.56 Å². The zero-order valence-corrected chi connectivity index (χ0v) is 9.08. The second-order valence-corrected chi connectivity index (χ2v) is 3.47. The van der Waals surface area contributed by atoms with Crippen molar-refractivity contribution in [3.8, 4) is 11.5 Å². The fourth-order valence-corrected chi connectivity index (χ4v) is 1.39. The molecule has 0 aliphatic carbocycles. The van der Waals surface area contributed by atoms with Crippen LogP contribution in [0.4, 0.5) is 5.82 Å². The Hall–Kier alpha value is -2.50. The molecule has 0 amide bonds. The summed E-state index contributed by atoms with van der Waals surface area (Å²) in [5.41, 5.74) is 6.93. The third-order valence-corrected chi connectivity index (χ3v) is 2.27. The van der Waals surface area contributed by atoms with E-state index in [4.69, 9.17) is 10.8 Å². The summed E-state index contributed by atoms with van der Waals surface area (Å²) < 4.78 is 0. The Morgan fingerprint density at radius 2 is 2.18 bits per heavy atom. The summed E-state index contributed by atoms with van der Waals surface area (Å²) in [4.78, 5) is 22.8. The van der Waals surface area contributed by atoms with E-state index in [0.29, 0.717) is 11.5 Å². The number of carboxylic acid groups (broad SMARTS) is 1. The average molecular weight is 230 g/mol. The van der Waals surface area contributed by atoms with Crippen molar-refractivity contribution >= 4 is 11.8 Å². The van der Waals surface area contributed by atoms with E-state index in [9.17, 15) is 4.79 Å².